The smallest absolute Gasteiger partial charge is 0.161 e. The van der Waals surface area contributed by atoms with Crippen LogP contribution in [0.2, 0.25) is 0 Å². The molecule has 0 rings (SSSR count). The Bertz CT molecular complexity index is 398. The SMILES string of the molecule is C=C/C=C(\C=C\C(=O)C(C)(C)CC)C(O)C(C)(C)CC. The minimum Gasteiger partial charge on any atom is -0.388 e. The Morgan fingerprint density at radius 1 is 1.15 bits per heavy atom. The van der Waals surface area contributed by atoms with E-state index in [-0.39, 0.29) is 16.6 Å². The summed E-state index contributed by atoms with van der Waals surface area (Å²) in [7, 11) is 0. The Hall–Kier alpha value is -1.15. The lowest BCUT2D eigenvalue weighted by molar-refractivity contribution is -0.122. The first-order chi connectivity index (χ1) is 9.12. The van der Waals surface area contributed by atoms with Crippen molar-refractivity contribution >= 4 is 5.78 Å². The average Bonchev–Trinajstić information content (AvgIpc) is 2.41. The summed E-state index contributed by atoms with van der Waals surface area (Å²) in [5, 5.41) is 10.5. The number of hydrogen-bond acceptors (Lipinski definition) is 2. The molecule has 0 aromatic heterocycles. The third-order valence-corrected chi connectivity index (χ3v) is 4.26. The van der Waals surface area contributed by atoms with Gasteiger partial charge in [0.2, 0.25) is 0 Å². The molecule has 0 bridgehead atoms. The molecule has 0 heterocycles. The van der Waals surface area contributed by atoms with Gasteiger partial charge in [0.05, 0.1) is 6.10 Å². The normalized spacial score (nSPS) is 15.4. The molecule has 2 heteroatoms. The van der Waals surface area contributed by atoms with E-state index in [1.54, 1.807) is 24.3 Å². The number of carbonyl (C=O) groups is 1. The van der Waals surface area contributed by atoms with Gasteiger partial charge >= 0.3 is 0 Å². The number of aliphatic hydroxyl groups excluding tert-OH is 1. The monoisotopic (exact) mass is 278 g/mol. The van der Waals surface area contributed by atoms with Crippen LogP contribution in [0.5, 0.6) is 0 Å². The van der Waals surface area contributed by atoms with E-state index in [1.807, 2.05) is 41.5 Å². The van der Waals surface area contributed by atoms with Crippen LogP contribution in [0.25, 0.3) is 0 Å². The lowest BCUT2D eigenvalue weighted by Crippen LogP contribution is -2.30. The van der Waals surface area contributed by atoms with Crippen molar-refractivity contribution in [2.75, 3.05) is 0 Å². The molecule has 0 aliphatic heterocycles. The van der Waals surface area contributed by atoms with E-state index >= 15 is 0 Å². The molecule has 1 unspecified atom stereocenters. The topological polar surface area (TPSA) is 37.3 Å². The molecule has 1 atom stereocenters. The Morgan fingerprint density at radius 3 is 2.10 bits per heavy atom. The second-order valence-electron chi connectivity index (χ2n) is 6.58. The third kappa shape index (κ3) is 5.09. The van der Waals surface area contributed by atoms with E-state index in [1.165, 1.54) is 0 Å². The van der Waals surface area contributed by atoms with Crippen LogP contribution in [0.3, 0.4) is 0 Å². The molecule has 0 aromatic carbocycles. The number of allylic oxidation sites excluding steroid dienone is 3. The van der Waals surface area contributed by atoms with Gasteiger partial charge in [0.25, 0.3) is 0 Å². The summed E-state index contributed by atoms with van der Waals surface area (Å²) in [6, 6.07) is 0. The summed E-state index contributed by atoms with van der Waals surface area (Å²) in [6.07, 6.45) is 7.75. The van der Waals surface area contributed by atoms with Crippen LogP contribution in [0.15, 0.2) is 36.5 Å². The molecule has 0 saturated carbocycles. The standard InChI is InChI=1S/C18H30O2/c1-8-11-14(16(20)18(6,7)10-3)12-13-15(19)17(4,5)9-2/h8,11-13,16,20H,1,9-10H2,2-7H3/b13-12+,14-11+. The van der Waals surface area contributed by atoms with Crippen molar-refractivity contribution in [2.45, 2.75) is 60.5 Å². The third-order valence-electron chi connectivity index (χ3n) is 4.26. The van der Waals surface area contributed by atoms with E-state index in [9.17, 15) is 9.90 Å². The summed E-state index contributed by atoms with van der Waals surface area (Å²) < 4.78 is 0. The first-order valence-corrected chi connectivity index (χ1v) is 7.35. The molecular formula is C18H30O2. The van der Waals surface area contributed by atoms with Gasteiger partial charge in [-0.2, -0.15) is 0 Å². The number of ketones is 1. The molecule has 0 saturated heterocycles. The van der Waals surface area contributed by atoms with Gasteiger partial charge in [0, 0.05) is 5.41 Å². The number of aliphatic hydroxyl groups is 1. The zero-order valence-corrected chi connectivity index (χ0v) is 13.9. The van der Waals surface area contributed by atoms with Gasteiger partial charge in [-0.1, -0.05) is 66.3 Å². The van der Waals surface area contributed by atoms with Crippen LogP contribution in [-0.2, 0) is 4.79 Å². The molecule has 20 heavy (non-hydrogen) atoms. The van der Waals surface area contributed by atoms with E-state index in [2.05, 4.69) is 6.58 Å². The minimum atomic E-state index is -0.612. The van der Waals surface area contributed by atoms with Crippen LogP contribution >= 0.6 is 0 Å². The first kappa shape index (κ1) is 18.9. The van der Waals surface area contributed by atoms with Gasteiger partial charge in [-0.05, 0) is 29.9 Å². The zero-order chi connectivity index (χ0) is 16.0. The van der Waals surface area contributed by atoms with Crippen molar-refractivity contribution in [2.24, 2.45) is 10.8 Å². The molecule has 0 aromatic rings. The second-order valence-corrected chi connectivity index (χ2v) is 6.58. The van der Waals surface area contributed by atoms with Gasteiger partial charge in [-0.3, -0.25) is 4.79 Å². The van der Waals surface area contributed by atoms with Gasteiger partial charge in [0.15, 0.2) is 5.78 Å². The largest absolute Gasteiger partial charge is 0.388 e. The highest BCUT2D eigenvalue weighted by Gasteiger charge is 2.28. The zero-order valence-electron chi connectivity index (χ0n) is 13.9. The molecule has 114 valence electrons. The van der Waals surface area contributed by atoms with E-state index in [0.29, 0.717) is 0 Å². The van der Waals surface area contributed by atoms with Crippen molar-refractivity contribution in [3.8, 4) is 0 Å². The lowest BCUT2D eigenvalue weighted by atomic mass is 9.79. The fourth-order valence-corrected chi connectivity index (χ4v) is 1.59. The Balaban J connectivity index is 5.22. The van der Waals surface area contributed by atoms with Crippen molar-refractivity contribution in [3.05, 3.63) is 36.5 Å². The van der Waals surface area contributed by atoms with Gasteiger partial charge in [-0.25, -0.2) is 0 Å². The summed E-state index contributed by atoms with van der Waals surface area (Å²) in [4.78, 5) is 12.1. The lowest BCUT2D eigenvalue weighted by Gasteiger charge is -2.30. The van der Waals surface area contributed by atoms with Crippen LogP contribution < -0.4 is 0 Å². The quantitative estimate of drug-likeness (QED) is 0.526. The summed E-state index contributed by atoms with van der Waals surface area (Å²) in [5.74, 6) is 0.0801. The Morgan fingerprint density at radius 2 is 1.70 bits per heavy atom. The fraction of sp³-hybridized carbons (Fsp3) is 0.611. The highest BCUT2D eigenvalue weighted by Crippen LogP contribution is 2.30. The van der Waals surface area contributed by atoms with Crippen molar-refractivity contribution in [3.63, 3.8) is 0 Å². The number of rotatable bonds is 8. The molecule has 0 fully saturated rings. The van der Waals surface area contributed by atoms with E-state index in [0.717, 1.165) is 18.4 Å². The molecule has 0 spiro atoms. The Kier molecular flexibility index (Phi) is 7.15. The van der Waals surface area contributed by atoms with E-state index in [4.69, 9.17) is 0 Å². The molecular weight excluding hydrogens is 248 g/mol. The molecule has 0 aliphatic carbocycles. The van der Waals surface area contributed by atoms with Crippen molar-refractivity contribution in [1.82, 2.24) is 0 Å². The van der Waals surface area contributed by atoms with E-state index < -0.39 is 6.10 Å². The predicted molar refractivity (Wildman–Crippen MR) is 86.6 cm³/mol. The van der Waals surface area contributed by atoms with Gasteiger partial charge in [-0.15, -0.1) is 0 Å². The maximum Gasteiger partial charge on any atom is 0.161 e. The van der Waals surface area contributed by atoms with Crippen molar-refractivity contribution in [1.29, 1.82) is 0 Å². The second kappa shape index (κ2) is 7.58. The molecule has 0 aliphatic rings. The number of carbonyl (C=O) groups excluding carboxylic acids is 1. The summed E-state index contributed by atoms with van der Waals surface area (Å²) >= 11 is 0. The minimum absolute atomic E-state index is 0.0801. The molecule has 1 N–H and O–H groups in total. The highest BCUT2D eigenvalue weighted by molar-refractivity contribution is 5.94. The predicted octanol–water partition coefficient (Wildman–Crippen LogP) is 4.46. The number of hydrogen-bond donors (Lipinski definition) is 1. The van der Waals surface area contributed by atoms with Crippen LogP contribution in [-0.4, -0.2) is 17.0 Å². The summed E-state index contributed by atoms with van der Waals surface area (Å²) in [6.45, 7) is 15.6. The van der Waals surface area contributed by atoms with Crippen molar-refractivity contribution < 1.29 is 9.90 Å². The first-order valence-electron chi connectivity index (χ1n) is 7.35. The highest BCUT2D eigenvalue weighted by atomic mass is 16.3. The maximum atomic E-state index is 12.1. The van der Waals surface area contributed by atoms with Crippen LogP contribution in [0, 0.1) is 10.8 Å². The fourth-order valence-electron chi connectivity index (χ4n) is 1.59. The van der Waals surface area contributed by atoms with Gasteiger partial charge in [0.1, 0.15) is 0 Å². The van der Waals surface area contributed by atoms with Crippen LogP contribution in [0.1, 0.15) is 54.4 Å². The molecule has 2 nitrogen and oxygen atoms in total. The summed E-state index contributed by atoms with van der Waals surface area (Å²) in [5.41, 5.74) is 0.135. The maximum absolute atomic E-state index is 12.1. The Labute approximate surface area is 124 Å². The molecule has 0 radical (unpaired) electrons. The average molecular weight is 278 g/mol. The van der Waals surface area contributed by atoms with Gasteiger partial charge < -0.3 is 5.11 Å². The molecule has 0 amide bonds. The van der Waals surface area contributed by atoms with Crippen LogP contribution in [0.4, 0.5) is 0 Å².